The van der Waals surface area contributed by atoms with Crippen LogP contribution in [0.15, 0.2) is 42.0 Å². The minimum Gasteiger partial charge on any atom is -0.352 e. The summed E-state index contributed by atoms with van der Waals surface area (Å²) >= 11 is 1.62. The van der Waals surface area contributed by atoms with Gasteiger partial charge in [0.05, 0.1) is 6.42 Å². The molecule has 1 aliphatic carbocycles. The Bertz CT molecular complexity index is 762. The fraction of sp³-hybridized carbons (Fsp3) is 0.421. The maximum absolute atomic E-state index is 12.4. The van der Waals surface area contributed by atoms with Crippen molar-refractivity contribution >= 4 is 23.2 Å². The predicted octanol–water partition coefficient (Wildman–Crippen LogP) is 2.24. The molecule has 2 atom stereocenters. The smallest absolute Gasteiger partial charge is 0.227 e. The molecular formula is C19H21N3O2S. The van der Waals surface area contributed by atoms with Gasteiger partial charge >= 0.3 is 0 Å². The Hall–Kier alpha value is -2.21. The molecule has 2 aromatic rings. The van der Waals surface area contributed by atoms with Crippen molar-refractivity contribution in [3.8, 4) is 0 Å². The second-order valence-corrected chi connectivity index (χ2v) is 8.05. The van der Waals surface area contributed by atoms with Gasteiger partial charge in [-0.1, -0.05) is 12.1 Å². The number of carbonyl (C=O) groups excluding carboxylic acids is 2. The Morgan fingerprint density at radius 3 is 3.04 bits per heavy atom. The molecule has 2 aliphatic rings. The molecule has 2 aromatic heterocycles. The molecule has 0 bridgehead atoms. The number of hydrogen-bond donors (Lipinski definition) is 1. The topological polar surface area (TPSA) is 62.3 Å². The lowest BCUT2D eigenvalue weighted by atomic mass is 10.0. The normalized spacial score (nSPS) is 24.5. The Labute approximate surface area is 151 Å². The average molecular weight is 355 g/mol. The van der Waals surface area contributed by atoms with Crippen LogP contribution >= 0.6 is 11.3 Å². The van der Waals surface area contributed by atoms with Gasteiger partial charge < -0.3 is 10.2 Å². The molecule has 5 nitrogen and oxygen atoms in total. The van der Waals surface area contributed by atoms with Crippen molar-refractivity contribution in [3.63, 3.8) is 0 Å². The summed E-state index contributed by atoms with van der Waals surface area (Å²) in [7, 11) is 0. The number of nitrogens with zero attached hydrogens (tertiary/aromatic N) is 2. The average Bonchev–Trinajstić information content (AvgIpc) is 2.96. The molecule has 1 aliphatic heterocycles. The molecule has 6 heteroatoms. The van der Waals surface area contributed by atoms with E-state index >= 15 is 0 Å². The van der Waals surface area contributed by atoms with Gasteiger partial charge in [0.1, 0.15) is 0 Å². The fourth-order valence-corrected chi connectivity index (χ4v) is 4.46. The van der Waals surface area contributed by atoms with Crippen LogP contribution in [0.4, 0.5) is 0 Å². The highest BCUT2D eigenvalue weighted by Gasteiger charge is 2.61. The van der Waals surface area contributed by atoms with Gasteiger partial charge in [-0.05, 0) is 35.9 Å². The number of rotatable bonds is 5. The van der Waals surface area contributed by atoms with Gasteiger partial charge in [0.2, 0.25) is 11.8 Å². The Balaban J connectivity index is 1.28. The number of pyridine rings is 1. The lowest BCUT2D eigenvalue weighted by Gasteiger charge is -2.16. The van der Waals surface area contributed by atoms with E-state index in [1.54, 1.807) is 23.7 Å². The van der Waals surface area contributed by atoms with Gasteiger partial charge in [-0.2, -0.15) is 0 Å². The highest BCUT2D eigenvalue weighted by Crippen LogP contribution is 2.58. The number of likely N-dealkylation sites (tertiary alicyclic amines) is 1. The van der Waals surface area contributed by atoms with Crippen molar-refractivity contribution in [2.45, 2.75) is 25.8 Å². The van der Waals surface area contributed by atoms with E-state index in [4.69, 9.17) is 0 Å². The Kier molecular flexibility index (Phi) is 4.29. The van der Waals surface area contributed by atoms with E-state index in [9.17, 15) is 9.59 Å². The van der Waals surface area contributed by atoms with E-state index in [1.807, 2.05) is 34.5 Å². The maximum atomic E-state index is 12.4. The second-order valence-electron chi connectivity index (χ2n) is 7.02. The largest absolute Gasteiger partial charge is 0.352 e. The Morgan fingerprint density at radius 1 is 1.36 bits per heavy atom. The van der Waals surface area contributed by atoms with Gasteiger partial charge in [-0.3, -0.25) is 14.6 Å². The molecule has 0 unspecified atom stereocenters. The minimum absolute atomic E-state index is 0.0180. The van der Waals surface area contributed by atoms with Gasteiger partial charge in [-0.25, -0.2) is 0 Å². The number of amides is 2. The first-order valence-electron chi connectivity index (χ1n) is 8.63. The number of carbonyl (C=O) groups is 2. The first-order chi connectivity index (χ1) is 12.2. The zero-order valence-electron chi connectivity index (χ0n) is 14.0. The zero-order chi connectivity index (χ0) is 17.3. The monoisotopic (exact) mass is 355 g/mol. The van der Waals surface area contributed by atoms with Crippen molar-refractivity contribution in [3.05, 3.63) is 52.5 Å². The second kappa shape index (κ2) is 6.59. The van der Waals surface area contributed by atoms with Crippen LogP contribution in [0.1, 0.15) is 23.3 Å². The van der Waals surface area contributed by atoms with Crippen molar-refractivity contribution < 1.29 is 9.59 Å². The first-order valence-corrected chi connectivity index (χ1v) is 9.51. The van der Waals surface area contributed by atoms with E-state index in [0.29, 0.717) is 13.0 Å². The SMILES string of the molecule is O=C(NCc1cccnc1)[C@H]1C[C@]12CCN(C(=O)Cc1cccs1)C2. The van der Waals surface area contributed by atoms with Crippen LogP contribution in [-0.2, 0) is 22.6 Å². The van der Waals surface area contributed by atoms with Crippen molar-refractivity contribution in [1.29, 1.82) is 0 Å². The third kappa shape index (κ3) is 3.44. The standard InChI is InChI=1S/C19H21N3O2S/c23-17(9-15-4-2-8-25-15)22-7-5-19(13-22)10-16(19)18(24)21-12-14-3-1-6-20-11-14/h1-4,6,8,11,16H,5,7,9-10,12-13H2,(H,21,24)/t16-,19+/m1/s1. The van der Waals surface area contributed by atoms with E-state index in [-0.39, 0.29) is 23.1 Å². The fourth-order valence-electron chi connectivity index (χ4n) is 3.77. The molecule has 1 saturated carbocycles. The third-order valence-electron chi connectivity index (χ3n) is 5.34. The van der Waals surface area contributed by atoms with Crippen LogP contribution in [0.25, 0.3) is 0 Å². The number of aromatic nitrogens is 1. The quantitative estimate of drug-likeness (QED) is 0.895. The van der Waals surface area contributed by atoms with Gasteiger partial charge in [-0.15, -0.1) is 11.3 Å². The summed E-state index contributed by atoms with van der Waals surface area (Å²) in [6.45, 7) is 2.01. The highest BCUT2D eigenvalue weighted by atomic mass is 32.1. The molecule has 25 heavy (non-hydrogen) atoms. The molecule has 2 fully saturated rings. The molecule has 3 heterocycles. The van der Waals surface area contributed by atoms with Gasteiger partial charge in [0, 0.05) is 48.2 Å². The summed E-state index contributed by atoms with van der Waals surface area (Å²) in [5, 5.41) is 5.01. The molecule has 0 aromatic carbocycles. The van der Waals surface area contributed by atoms with Crippen molar-refractivity contribution in [2.24, 2.45) is 11.3 Å². The van der Waals surface area contributed by atoms with Crippen LogP contribution in [0.5, 0.6) is 0 Å². The number of nitrogens with one attached hydrogen (secondary N) is 1. The van der Waals surface area contributed by atoms with Crippen LogP contribution in [0.3, 0.4) is 0 Å². The molecule has 130 valence electrons. The minimum atomic E-state index is 0.0180. The molecule has 2 amide bonds. The molecular weight excluding hydrogens is 334 g/mol. The predicted molar refractivity (Wildman–Crippen MR) is 95.8 cm³/mol. The summed E-state index contributed by atoms with van der Waals surface area (Å²) in [6.07, 6.45) is 5.81. The summed E-state index contributed by atoms with van der Waals surface area (Å²) in [5.74, 6) is 0.334. The maximum Gasteiger partial charge on any atom is 0.227 e. The third-order valence-corrected chi connectivity index (χ3v) is 6.22. The van der Waals surface area contributed by atoms with Crippen LogP contribution in [0.2, 0.25) is 0 Å². The molecule has 1 saturated heterocycles. The lowest BCUT2D eigenvalue weighted by Crippen LogP contribution is -2.32. The van der Waals surface area contributed by atoms with E-state index in [2.05, 4.69) is 10.3 Å². The van der Waals surface area contributed by atoms with E-state index in [0.717, 1.165) is 36.4 Å². The zero-order valence-corrected chi connectivity index (χ0v) is 14.8. The lowest BCUT2D eigenvalue weighted by molar-refractivity contribution is -0.130. The van der Waals surface area contributed by atoms with Crippen molar-refractivity contribution in [1.82, 2.24) is 15.2 Å². The van der Waals surface area contributed by atoms with Gasteiger partial charge in [0.25, 0.3) is 0 Å². The molecule has 4 rings (SSSR count). The Morgan fingerprint density at radius 2 is 2.28 bits per heavy atom. The molecule has 1 spiro atoms. The highest BCUT2D eigenvalue weighted by molar-refractivity contribution is 7.10. The van der Waals surface area contributed by atoms with E-state index < -0.39 is 0 Å². The molecule has 1 N–H and O–H groups in total. The van der Waals surface area contributed by atoms with Crippen LogP contribution in [-0.4, -0.2) is 34.8 Å². The first kappa shape index (κ1) is 16.3. The number of thiophene rings is 1. The van der Waals surface area contributed by atoms with E-state index in [1.165, 1.54) is 0 Å². The summed E-state index contributed by atoms with van der Waals surface area (Å²) in [4.78, 5) is 32.0. The van der Waals surface area contributed by atoms with Crippen LogP contribution < -0.4 is 5.32 Å². The van der Waals surface area contributed by atoms with Gasteiger partial charge in [0.15, 0.2) is 0 Å². The summed E-state index contributed by atoms with van der Waals surface area (Å²) in [5.41, 5.74) is 1.02. The van der Waals surface area contributed by atoms with Crippen LogP contribution in [0, 0.1) is 11.3 Å². The summed E-state index contributed by atoms with van der Waals surface area (Å²) in [6, 6.07) is 7.80. The molecule has 0 radical (unpaired) electrons. The summed E-state index contributed by atoms with van der Waals surface area (Å²) < 4.78 is 0. The number of hydrogen-bond acceptors (Lipinski definition) is 4. The van der Waals surface area contributed by atoms with Crippen molar-refractivity contribution in [2.75, 3.05) is 13.1 Å².